The normalized spacial score (nSPS) is 11.3. The second kappa shape index (κ2) is 15.1. The van der Waals surface area contributed by atoms with Crippen molar-refractivity contribution in [2.45, 2.75) is 0 Å². The molecule has 0 N–H and O–H groups in total. The van der Waals surface area contributed by atoms with Gasteiger partial charge in [-0.15, -0.1) is 0 Å². The lowest BCUT2D eigenvalue weighted by Gasteiger charge is -2.26. The summed E-state index contributed by atoms with van der Waals surface area (Å²) in [5.41, 5.74) is 16.7. The van der Waals surface area contributed by atoms with E-state index in [-0.39, 0.29) is 0 Å². The molecule has 0 radical (unpaired) electrons. The molecule has 11 rings (SSSR count). The molecule has 2 heteroatoms. The highest BCUT2D eigenvalue weighted by molar-refractivity contribution is 6.10. The summed E-state index contributed by atoms with van der Waals surface area (Å²) in [4.78, 5) is 2.32. The van der Waals surface area contributed by atoms with Gasteiger partial charge < -0.3 is 9.32 Å². The Bertz CT molecular complexity index is 3310. The number of rotatable bonds is 8. The van der Waals surface area contributed by atoms with Crippen LogP contribution in [0.5, 0.6) is 0 Å². The Hall–Kier alpha value is -7.94. The van der Waals surface area contributed by atoms with Crippen LogP contribution in [0.15, 0.2) is 241 Å². The fourth-order valence-corrected chi connectivity index (χ4v) is 8.57. The van der Waals surface area contributed by atoms with E-state index in [4.69, 9.17) is 4.42 Å². The van der Waals surface area contributed by atoms with Gasteiger partial charge in [0.1, 0.15) is 5.58 Å². The molecule has 11 aromatic rings. The Balaban J connectivity index is 0.944. The van der Waals surface area contributed by atoms with Gasteiger partial charge in [-0.1, -0.05) is 182 Å². The van der Waals surface area contributed by atoms with Gasteiger partial charge >= 0.3 is 0 Å². The third-order valence-corrected chi connectivity index (χ3v) is 11.7. The Morgan fingerprint density at radius 3 is 1.45 bits per heavy atom. The van der Waals surface area contributed by atoms with Crippen LogP contribution >= 0.6 is 0 Å². The third kappa shape index (κ3) is 6.61. The predicted octanol–water partition coefficient (Wildman–Crippen LogP) is 16.5. The van der Waals surface area contributed by atoms with Crippen LogP contribution in [0.2, 0.25) is 0 Å². The summed E-state index contributed by atoms with van der Waals surface area (Å²) < 4.78 is 6.64. The number of hydrogen-bond acceptors (Lipinski definition) is 2. The topological polar surface area (TPSA) is 16.4 Å². The van der Waals surface area contributed by atoms with Crippen molar-refractivity contribution in [2.24, 2.45) is 0 Å². The van der Waals surface area contributed by atoms with Crippen molar-refractivity contribution in [3.05, 3.63) is 237 Å². The Morgan fingerprint density at radius 1 is 0.267 bits per heavy atom. The van der Waals surface area contributed by atoms with Crippen molar-refractivity contribution in [3.63, 3.8) is 0 Å². The molecular formula is C58H39NO. The van der Waals surface area contributed by atoms with E-state index in [9.17, 15) is 0 Å². The van der Waals surface area contributed by atoms with Crippen LogP contribution in [0.1, 0.15) is 0 Å². The maximum Gasteiger partial charge on any atom is 0.159 e. The Labute approximate surface area is 349 Å². The molecule has 0 aliphatic heterocycles. The van der Waals surface area contributed by atoms with Gasteiger partial charge in [0, 0.05) is 22.1 Å². The molecule has 60 heavy (non-hydrogen) atoms. The van der Waals surface area contributed by atoms with Crippen molar-refractivity contribution < 1.29 is 4.42 Å². The van der Waals surface area contributed by atoms with Gasteiger partial charge in [0.2, 0.25) is 0 Å². The highest BCUT2D eigenvalue weighted by atomic mass is 16.3. The maximum atomic E-state index is 6.64. The number of anilines is 3. The number of hydrogen-bond donors (Lipinski definition) is 0. The molecule has 0 fully saturated rings. The molecule has 282 valence electrons. The summed E-state index contributed by atoms with van der Waals surface area (Å²) in [7, 11) is 0. The smallest absolute Gasteiger partial charge is 0.159 e. The standard InChI is InChI=1S/C58H39NO/c1-2-12-40(13-3-1)46-16-8-18-48(36-46)50-20-10-21-53(39-50)59(56-24-11-23-55-54-22-6-7-25-57(54)60-58(55)56)52-34-32-43(33-35-52)42-26-28-44(29-27-42)47-17-9-19-49(37-47)51-31-30-41-14-4-5-15-45(41)38-51/h1-39H. The number of benzene rings is 10. The molecular weight excluding hydrogens is 727 g/mol. The van der Waals surface area contributed by atoms with Crippen LogP contribution in [-0.4, -0.2) is 0 Å². The van der Waals surface area contributed by atoms with Gasteiger partial charge in [0.25, 0.3) is 0 Å². The average molecular weight is 766 g/mol. The Morgan fingerprint density at radius 2 is 0.733 bits per heavy atom. The predicted molar refractivity (Wildman–Crippen MR) is 253 cm³/mol. The van der Waals surface area contributed by atoms with E-state index in [1.165, 1.54) is 55.3 Å². The van der Waals surface area contributed by atoms with Gasteiger partial charge in [-0.2, -0.15) is 0 Å². The lowest BCUT2D eigenvalue weighted by molar-refractivity contribution is 0.669. The van der Waals surface area contributed by atoms with Crippen molar-refractivity contribution in [1.29, 1.82) is 0 Å². The van der Waals surface area contributed by atoms with E-state index in [2.05, 4.69) is 229 Å². The summed E-state index contributed by atoms with van der Waals surface area (Å²) >= 11 is 0. The van der Waals surface area contributed by atoms with E-state index in [1.54, 1.807) is 0 Å². The molecule has 0 spiro atoms. The third-order valence-electron chi connectivity index (χ3n) is 11.7. The molecule has 0 amide bonds. The average Bonchev–Trinajstić information content (AvgIpc) is 3.72. The van der Waals surface area contributed by atoms with Crippen LogP contribution in [0.25, 0.3) is 88.3 Å². The van der Waals surface area contributed by atoms with Gasteiger partial charge in [-0.25, -0.2) is 0 Å². The van der Waals surface area contributed by atoms with Crippen molar-refractivity contribution >= 4 is 49.8 Å². The minimum absolute atomic E-state index is 0.861. The lowest BCUT2D eigenvalue weighted by Crippen LogP contribution is -2.10. The summed E-state index contributed by atoms with van der Waals surface area (Å²) in [6.07, 6.45) is 0. The van der Waals surface area contributed by atoms with E-state index in [0.29, 0.717) is 0 Å². The second-order valence-electron chi connectivity index (χ2n) is 15.4. The highest BCUT2D eigenvalue weighted by Crippen LogP contribution is 2.43. The highest BCUT2D eigenvalue weighted by Gasteiger charge is 2.20. The van der Waals surface area contributed by atoms with Crippen LogP contribution < -0.4 is 4.90 Å². The molecule has 0 atom stereocenters. The van der Waals surface area contributed by atoms with Crippen LogP contribution in [0, 0.1) is 0 Å². The van der Waals surface area contributed by atoms with Gasteiger partial charge in [0.05, 0.1) is 5.69 Å². The molecule has 0 aliphatic carbocycles. The second-order valence-corrected chi connectivity index (χ2v) is 15.4. The quantitative estimate of drug-likeness (QED) is 0.153. The molecule has 10 aromatic carbocycles. The first-order valence-electron chi connectivity index (χ1n) is 20.5. The Kier molecular flexibility index (Phi) is 8.87. The zero-order valence-electron chi connectivity index (χ0n) is 32.9. The molecule has 1 heterocycles. The summed E-state index contributed by atoms with van der Waals surface area (Å²) in [6.45, 7) is 0. The molecule has 0 saturated carbocycles. The minimum atomic E-state index is 0.861. The SMILES string of the molecule is c1ccc(-c2cccc(-c3cccc(N(c4ccc(-c5ccc(-c6cccc(-c7ccc8ccccc8c7)c6)cc5)cc4)c4cccc5c4oc4ccccc45)c3)c2)cc1. The molecule has 2 nitrogen and oxygen atoms in total. The first kappa shape index (κ1) is 35.2. The number of fused-ring (bicyclic) bond motifs is 4. The zero-order valence-corrected chi connectivity index (χ0v) is 32.9. The lowest BCUT2D eigenvalue weighted by atomic mass is 9.96. The molecule has 0 bridgehead atoms. The van der Waals surface area contributed by atoms with E-state index in [0.717, 1.165) is 50.1 Å². The van der Waals surface area contributed by atoms with Gasteiger partial charge in [0.15, 0.2) is 5.58 Å². The first-order chi connectivity index (χ1) is 29.7. The number of para-hydroxylation sites is 2. The number of nitrogens with zero attached hydrogens (tertiary/aromatic N) is 1. The van der Waals surface area contributed by atoms with E-state index < -0.39 is 0 Å². The fourth-order valence-electron chi connectivity index (χ4n) is 8.57. The van der Waals surface area contributed by atoms with Gasteiger partial charge in [-0.05, 0) is 121 Å². The maximum absolute atomic E-state index is 6.64. The van der Waals surface area contributed by atoms with Crippen LogP contribution in [-0.2, 0) is 0 Å². The van der Waals surface area contributed by atoms with E-state index in [1.807, 2.05) is 12.1 Å². The van der Waals surface area contributed by atoms with Crippen molar-refractivity contribution in [1.82, 2.24) is 0 Å². The van der Waals surface area contributed by atoms with Crippen LogP contribution in [0.3, 0.4) is 0 Å². The number of furan rings is 1. The summed E-state index contributed by atoms with van der Waals surface area (Å²) in [5, 5.41) is 4.72. The largest absolute Gasteiger partial charge is 0.454 e. The fraction of sp³-hybridized carbons (Fsp3) is 0. The van der Waals surface area contributed by atoms with Crippen molar-refractivity contribution in [3.8, 4) is 55.6 Å². The van der Waals surface area contributed by atoms with Crippen molar-refractivity contribution in [2.75, 3.05) is 4.90 Å². The summed E-state index contributed by atoms with van der Waals surface area (Å²) in [6, 6.07) is 84.8. The monoisotopic (exact) mass is 765 g/mol. The molecule has 0 saturated heterocycles. The minimum Gasteiger partial charge on any atom is -0.454 e. The molecule has 1 aromatic heterocycles. The van der Waals surface area contributed by atoms with Gasteiger partial charge in [-0.3, -0.25) is 0 Å². The zero-order chi connectivity index (χ0) is 39.8. The van der Waals surface area contributed by atoms with E-state index >= 15 is 0 Å². The molecule has 0 unspecified atom stereocenters. The summed E-state index contributed by atoms with van der Waals surface area (Å²) in [5.74, 6) is 0. The molecule has 0 aliphatic rings. The first-order valence-corrected chi connectivity index (χ1v) is 20.5. The van der Waals surface area contributed by atoms with Crippen LogP contribution in [0.4, 0.5) is 17.1 Å².